The third-order valence-corrected chi connectivity index (χ3v) is 2.91. The first-order valence-corrected chi connectivity index (χ1v) is 5.82. The first kappa shape index (κ1) is 12.5. The molecule has 1 aromatic heterocycles. The van der Waals surface area contributed by atoms with Gasteiger partial charge >= 0.3 is 0 Å². The second kappa shape index (κ2) is 5.56. The van der Waals surface area contributed by atoms with E-state index in [0.29, 0.717) is 10.8 Å². The van der Waals surface area contributed by atoms with Crippen LogP contribution < -0.4 is 5.32 Å². The van der Waals surface area contributed by atoms with Crippen LogP contribution in [0.3, 0.4) is 0 Å². The number of benzene rings is 1. The molecule has 2 aromatic rings. The molecule has 1 N–H and O–H groups in total. The molecule has 0 fully saturated rings. The van der Waals surface area contributed by atoms with Gasteiger partial charge in [-0.15, -0.1) is 0 Å². The van der Waals surface area contributed by atoms with Crippen LogP contribution >= 0.6 is 11.6 Å². The summed E-state index contributed by atoms with van der Waals surface area (Å²) in [6.07, 6.45) is 4.46. The normalized spacial score (nSPS) is 10.8. The van der Waals surface area contributed by atoms with Gasteiger partial charge in [-0.2, -0.15) is 0 Å². The molecule has 0 aliphatic rings. The van der Waals surface area contributed by atoms with Gasteiger partial charge in [-0.1, -0.05) is 17.7 Å². The average Bonchev–Trinajstić information content (AvgIpc) is 2.88. The molecule has 0 saturated carbocycles. The molecule has 0 unspecified atom stereocenters. The van der Waals surface area contributed by atoms with Crippen molar-refractivity contribution in [2.75, 3.05) is 5.32 Å². The van der Waals surface area contributed by atoms with Gasteiger partial charge in [-0.3, -0.25) is 4.79 Å². The molecule has 0 atom stereocenters. The largest absolute Gasteiger partial charge is 0.461 e. The Morgan fingerprint density at radius 3 is 2.89 bits per heavy atom. The van der Waals surface area contributed by atoms with E-state index in [9.17, 15) is 4.79 Å². The number of carbonyl (C=O) groups is 1. The van der Waals surface area contributed by atoms with E-state index in [-0.39, 0.29) is 5.78 Å². The highest BCUT2D eigenvalue weighted by Gasteiger charge is 2.04. The first-order valence-electron chi connectivity index (χ1n) is 5.44. The highest BCUT2D eigenvalue weighted by Crippen LogP contribution is 2.22. The van der Waals surface area contributed by atoms with Gasteiger partial charge in [0.15, 0.2) is 5.76 Å². The molecule has 3 nitrogen and oxygen atoms in total. The van der Waals surface area contributed by atoms with Crippen molar-refractivity contribution in [3.05, 3.63) is 65.2 Å². The number of furan rings is 1. The summed E-state index contributed by atoms with van der Waals surface area (Å²) in [4.78, 5) is 11.6. The Morgan fingerprint density at radius 2 is 2.17 bits per heavy atom. The first-order chi connectivity index (χ1) is 8.68. The van der Waals surface area contributed by atoms with Gasteiger partial charge < -0.3 is 9.73 Å². The van der Waals surface area contributed by atoms with Crippen molar-refractivity contribution in [1.82, 2.24) is 0 Å². The number of anilines is 1. The molecule has 92 valence electrons. The summed E-state index contributed by atoms with van der Waals surface area (Å²) in [7, 11) is 0. The monoisotopic (exact) mass is 261 g/mol. The summed E-state index contributed by atoms with van der Waals surface area (Å²) in [6.45, 7) is 1.91. The summed E-state index contributed by atoms with van der Waals surface area (Å²) in [5, 5.41) is 3.71. The Morgan fingerprint density at radius 1 is 1.33 bits per heavy atom. The van der Waals surface area contributed by atoms with Crippen molar-refractivity contribution in [3.8, 4) is 0 Å². The number of ketones is 1. The average molecular weight is 262 g/mol. The van der Waals surface area contributed by atoms with E-state index < -0.39 is 0 Å². The third-order valence-electron chi connectivity index (χ3n) is 2.51. The van der Waals surface area contributed by atoms with Crippen LogP contribution in [-0.4, -0.2) is 5.78 Å². The minimum Gasteiger partial charge on any atom is -0.461 e. The van der Waals surface area contributed by atoms with Crippen LogP contribution in [0.25, 0.3) is 0 Å². The zero-order valence-corrected chi connectivity index (χ0v) is 10.6. The fourth-order valence-electron chi connectivity index (χ4n) is 1.47. The van der Waals surface area contributed by atoms with Gasteiger partial charge in [0.25, 0.3) is 0 Å². The number of nitrogens with one attached hydrogen (secondary N) is 1. The summed E-state index contributed by atoms with van der Waals surface area (Å²) in [5.41, 5.74) is 1.81. The number of hydrogen-bond acceptors (Lipinski definition) is 3. The maximum absolute atomic E-state index is 11.6. The summed E-state index contributed by atoms with van der Waals surface area (Å²) in [5.74, 6) is 0.128. The van der Waals surface area contributed by atoms with Crippen molar-refractivity contribution in [2.24, 2.45) is 0 Å². The highest BCUT2D eigenvalue weighted by atomic mass is 35.5. The summed E-state index contributed by atoms with van der Waals surface area (Å²) < 4.78 is 4.99. The van der Waals surface area contributed by atoms with Crippen LogP contribution in [0.15, 0.2) is 53.3 Å². The topological polar surface area (TPSA) is 42.2 Å². The van der Waals surface area contributed by atoms with E-state index in [1.165, 1.54) is 12.3 Å². The minimum absolute atomic E-state index is 0.188. The van der Waals surface area contributed by atoms with Crippen molar-refractivity contribution in [1.29, 1.82) is 0 Å². The zero-order chi connectivity index (χ0) is 13.0. The second-order valence-electron chi connectivity index (χ2n) is 3.73. The highest BCUT2D eigenvalue weighted by molar-refractivity contribution is 6.31. The Balaban J connectivity index is 2.03. The maximum Gasteiger partial charge on any atom is 0.222 e. The molecule has 0 amide bonds. The van der Waals surface area contributed by atoms with E-state index >= 15 is 0 Å². The Bertz CT molecular complexity index is 573. The zero-order valence-electron chi connectivity index (χ0n) is 9.81. The lowest BCUT2D eigenvalue weighted by atomic mass is 10.2. The molecular formula is C14H12ClNO2. The van der Waals surface area contributed by atoms with Crippen LogP contribution in [0.4, 0.5) is 5.69 Å². The molecule has 0 radical (unpaired) electrons. The maximum atomic E-state index is 11.6. The molecule has 0 aliphatic heterocycles. The van der Waals surface area contributed by atoms with Gasteiger partial charge in [-0.05, 0) is 36.8 Å². The molecule has 0 aliphatic carbocycles. The van der Waals surface area contributed by atoms with E-state index in [0.717, 1.165) is 11.3 Å². The molecule has 1 aromatic carbocycles. The second-order valence-corrected chi connectivity index (χ2v) is 4.14. The van der Waals surface area contributed by atoms with Crippen LogP contribution in [0, 0.1) is 6.92 Å². The predicted octanol–water partition coefficient (Wildman–Crippen LogP) is 4.05. The lowest BCUT2D eigenvalue weighted by Crippen LogP contribution is -1.95. The lowest BCUT2D eigenvalue weighted by Gasteiger charge is -2.06. The number of carbonyl (C=O) groups excluding carboxylic acids is 1. The minimum atomic E-state index is -0.188. The fraction of sp³-hybridized carbons (Fsp3) is 0.0714. The Hall–Kier alpha value is -2.00. The molecule has 2 rings (SSSR count). The van der Waals surface area contributed by atoms with Gasteiger partial charge in [0, 0.05) is 23.0 Å². The van der Waals surface area contributed by atoms with Crippen molar-refractivity contribution < 1.29 is 9.21 Å². The number of allylic oxidation sites excluding steroid dienone is 1. The summed E-state index contributed by atoms with van der Waals surface area (Å²) >= 11 is 5.99. The molecule has 0 saturated heterocycles. The fourth-order valence-corrected chi connectivity index (χ4v) is 1.65. The Kier molecular flexibility index (Phi) is 3.85. The van der Waals surface area contributed by atoms with Crippen LogP contribution in [0.2, 0.25) is 5.02 Å². The van der Waals surface area contributed by atoms with E-state index in [4.69, 9.17) is 16.0 Å². The predicted molar refractivity (Wildman–Crippen MR) is 72.0 cm³/mol. The molecule has 4 heteroatoms. The lowest BCUT2D eigenvalue weighted by molar-refractivity contribution is 0.102. The molecule has 1 heterocycles. The molecule has 0 spiro atoms. The van der Waals surface area contributed by atoms with Gasteiger partial charge in [0.05, 0.1) is 6.26 Å². The van der Waals surface area contributed by atoms with Gasteiger partial charge in [-0.25, -0.2) is 0 Å². The van der Waals surface area contributed by atoms with E-state index in [1.807, 2.05) is 25.1 Å². The van der Waals surface area contributed by atoms with Gasteiger partial charge in [0.1, 0.15) is 0 Å². The number of halogens is 1. The molecular weight excluding hydrogens is 250 g/mol. The van der Waals surface area contributed by atoms with Crippen molar-refractivity contribution in [2.45, 2.75) is 6.92 Å². The quantitative estimate of drug-likeness (QED) is 0.667. The number of rotatable bonds is 4. The van der Waals surface area contributed by atoms with Crippen LogP contribution in [-0.2, 0) is 0 Å². The van der Waals surface area contributed by atoms with E-state index in [2.05, 4.69) is 5.32 Å². The SMILES string of the molecule is Cc1c(Cl)cccc1NC=CC(=O)c1ccco1. The molecule has 0 bridgehead atoms. The smallest absolute Gasteiger partial charge is 0.222 e. The van der Waals surface area contributed by atoms with E-state index in [1.54, 1.807) is 18.3 Å². The van der Waals surface area contributed by atoms with Crippen LogP contribution in [0.5, 0.6) is 0 Å². The van der Waals surface area contributed by atoms with Crippen LogP contribution in [0.1, 0.15) is 16.1 Å². The summed E-state index contributed by atoms with van der Waals surface area (Å²) in [6, 6.07) is 8.86. The van der Waals surface area contributed by atoms with Gasteiger partial charge in [0.2, 0.25) is 5.78 Å². The standard InChI is InChI=1S/C14H12ClNO2/c1-10-11(15)4-2-5-12(10)16-8-7-13(17)14-6-3-9-18-14/h2-9,16H,1H3. The number of hydrogen-bond donors (Lipinski definition) is 1. The molecule has 18 heavy (non-hydrogen) atoms. The van der Waals surface area contributed by atoms with Crippen molar-refractivity contribution >= 4 is 23.1 Å². The Labute approximate surface area is 110 Å². The third kappa shape index (κ3) is 2.81. The van der Waals surface area contributed by atoms with Crippen molar-refractivity contribution in [3.63, 3.8) is 0 Å².